The number of fused-ring (bicyclic) bond motifs is 1. The zero-order valence-corrected chi connectivity index (χ0v) is 12.6. The van der Waals surface area contributed by atoms with Gasteiger partial charge in [0.25, 0.3) is 0 Å². The van der Waals surface area contributed by atoms with Crippen LogP contribution in [0.5, 0.6) is 11.5 Å². The van der Waals surface area contributed by atoms with E-state index in [2.05, 4.69) is 19.2 Å². The van der Waals surface area contributed by atoms with E-state index >= 15 is 0 Å². The van der Waals surface area contributed by atoms with E-state index < -0.39 is 0 Å². The summed E-state index contributed by atoms with van der Waals surface area (Å²) in [5.41, 5.74) is 0.975. The molecule has 1 aromatic carbocycles. The molecule has 2 aliphatic rings. The fourth-order valence-corrected chi connectivity index (χ4v) is 3.01. The molecular formula is C16H22N2O3. The third-order valence-corrected chi connectivity index (χ3v) is 3.87. The number of nitrogens with one attached hydrogen (secondary N) is 1. The Morgan fingerprint density at radius 2 is 1.86 bits per heavy atom. The second-order valence-corrected chi connectivity index (χ2v) is 5.92. The van der Waals surface area contributed by atoms with Gasteiger partial charge in [-0.2, -0.15) is 0 Å². The minimum atomic E-state index is 0.173. The third kappa shape index (κ3) is 3.29. The predicted octanol–water partition coefficient (Wildman–Crippen LogP) is 1.21. The summed E-state index contributed by atoms with van der Waals surface area (Å²) in [5.74, 6) is 1.68. The summed E-state index contributed by atoms with van der Waals surface area (Å²) in [6, 6.07) is 6.44. The second kappa shape index (κ2) is 5.93. The Hall–Kier alpha value is -1.75. The topological polar surface area (TPSA) is 50.8 Å². The minimum Gasteiger partial charge on any atom is -0.486 e. The molecule has 21 heavy (non-hydrogen) atoms. The van der Waals surface area contributed by atoms with Crippen molar-refractivity contribution < 1.29 is 14.3 Å². The third-order valence-electron chi connectivity index (χ3n) is 3.87. The van der Waals surface area contributed by atoms with Crippen molar-refractivity contribution in [3.05, 3.63) is 23.8 Å². The van der Waals surface area contributed by atoms with Gasteiger partial charge in [-0.25, -0.2) is 0 Å². The summed E-state index contributed by atoms with van der Waals surface area (Å²) in [5, 5.41) is 3.44. The quantitative estimate of drug-likeness (QED) is 0.889. The van der Waals surface area contributed by atoms with Gasteiger partial charge in [0.15, 0.2) is 11.5 Å². The fraction of sp³-hybridized carbons (Fsp3) is 0.562. The first-order valence-electron chi connectivity index (χ1n) is 7.54. The van der Waals surface area contributed by atoms with Crippen molar-refractivity contribution in [2.75, 3.05) is 26.3 Å². The van der Waals surface area contributed by atoms with Crippen molar-refractivity contribution >= 4 is 5.91 Å². The van der Waals surface area contributed by atoms with Gasteiger partial charge < -0.3 is 19.7 Å². The Bertz CT molecular complexity index is 522. The lowest BCUT2D eigenvalue weighted by atomic mass is 10.1. The highest BCUT2D eigenvalue weighted by molar-refractivity contribution is 5.79. The standard InChI is InChI=1S/C16H22N2O3/c1-11-9-18(10-12(2)17-11)16(19)8-13-3-4-14-15(7-13)21-6-5-20-14/h3-4,7,11-12,17H,5-6,8-10H2,1-2H3/t11-,12-/m1/s1. The molecule has 0 spiro atoms. The molecule has 0 unspecified atom stereocenters. The summed E-state index contributed by atoms with van der Waals surface area (Å²) < 4.78 is 11.1. The van der Waals surface area contributed by atoms with Gasteiger partial charge >= 0.3 is 0 Å². The number of piperazine rings is 1. The maximum absolute atomic E-state index is 12.5. The highest BCUT2D eigenvalue weighted by Gasteiger charge is 2.25. The maximum Gasteiger partial charge on any atom is 0.227 e. The number of benzene rings is 1. The maximum atomic E-state index is 12.5. The molecule has 114 valence electrons. The van der Waals surface area contributed by atoms with Crippen molar-refractivity contribution in [3.8, 4) is 11.5 Å². The average Bonchev–Trinajstić information content (AvgIpc) is 2.46. The van der Waals surface area contributed by atoms with Crippen molar-refractivity contribution in [1.29, 1.82) is 0 Å². The lowest BCUT2D eigenvalue weighted by Crippen LogP contribution is -2.56. The Balaban J connectivity index is 1.67. The SMILES string of the molecule is C[C@@H]1CN(C(=O)Cc2ccc3c(c2)OCCO3)C[C@@H](C)N1. The van der Waals surface area contributed by atoms with E-state index in [1.807, 2.05) is 23.1 Å². The monoisotopic (exact) mass is 290 g/mol. The number of amides is 1. The number of hydrogen-bond donors (Lipinski definition) is 1. The van der Waals surface area contributed by atoms with Crippen LogP contribution in [-0.2, 0) is 11.2 Å². The van der Waals surface area contributed by atoms with Gasteiger partial charge in [0, 0.05) is 25.2 Å². The Morgan fingerprint density at radius 1 is 1.19 bits per heavy atom. The molecule has 2 aliphatic heterocycles. The minimum absolute atomic E-state index is 0.173. The van der Waals surface area contributed by atoms with Crippen LogP contribution in [0.25, 0.3) is 0 Å². The number of nitrogens with zero attached hydrogens (tertiary/aromatic N) is 1. The predicted molar refractivity (Wildman–Crippen MR) is 79.8 cm³/mol. The Morgan fingerprint density at radius 3 is 2.57 bits per heavy atom. The van der Waals surface area contributed by atoms with Crippen LogP contribution in [0.2, 0.25) is 0 Å². The van der Waals surface area contributed by atoms with Crippen LogP contribution in [0.4, 0.5) is 0 Å². The zero-order chi connectivity index (χ0) is 14.8. The summed E-state index contributed by atoms with van der Waals surface area (Å²) in [4.78, 5) is 14.4. The smallest absolute Gasteiger partial charge is 0.227 e. The zero-order valence-electron chi connectivity index (χ0n) is 12.6. The number of carbonyl (C=O) groups is 1. The molecular weight excluding hydrogens is 268 g/mol. The lowest BCUT2D eigenvalue weighted by molar-refractivity contribution is -0.132. The molecule has 5 nitrogen and oxygen atoms in total. The van der Waals surface area contributed by atoms with E-state index in [1.165, 1.54) is 0 Å². The largest absolute Gasteiger partial charge is 0.486 e. The van der Waals surface area contributed by atoms with E-state index in [9.17, 15) is 4.79 Å². The summed E-state index contributed by atoms with van der Waals surface area (Å²) in [7, 11) is 0. The second-order valence-electron chi connectivity index (χ2n) is 5.92. The highest BCUT2D eigenvalue weighted by Crippen LogP contribution is 2.31. The van der Waals surface area contributed by atoms with Gasteiger partial charge in [0.2, 0.25) is 5.91 Å². The van der Waals surface area contributed by atoms with Crippen LogP contribution in [0, 0.1) is 0 Å². The van der Waals surface area contributed by atoms with E-state index in [-0.39, 0.29) is 5.91 Å². The van der Waals surface area contributed by atoms with Gasteiger partial charge in [-0.15, -0.1) is 0 Å². The fourth-order valence-electron chi connectivity index (χ4n) is 3.01. The van der Waals surface area contributed by atoms with Gasteiger partial charge in [-0.05, 0) is 31.5 Å². The molecule has 0 bridgehead atoms. The van der Waals surface area contributed by atoms with Crippen LogP contribution >= 0.6 is 0 Å². The van der Waals surface area contributed by atoms with Crippen LogP contribution in [-0.4, -0.2) is 49.2 Å². The van der Waals surface area contributed by atoms with Crippen LogP contribution in [0.1, 0.15) is 19.4 Å². The molecule has 2 heterocycles. The summed E-state index contributed by atoms with van der Waals surface area (Å²) >= 11 is 0. The molecule has 2 atom stereocenters. The van der Waals surface area contributed by atoms with Crippen molar-refractivity contribution in [2.24, 2.45) is 0 Å². The Labute approximate surface area is 125 Å². The number of carbonyl (C=O) groups excluding carboxylic acids is 1. The average molecular weight is 290 g/mol. The molecule has 1 N–H and O–H groups in total. The number of ether oxygens (including phenoxy) is 2. The number of hydrogen-bond acceptors (Lipinski definition) is 4. The summed E-state index contributed by atoms with van der Waals surface area (Å²) in [6.45, 7) is 6.92. The van der Waals surface area contributed by atoms with Crippen molar-refractivity contribution in [1.82, 2.24) is 10.2 Å². The molecule has 1 saturated heterocycles. The first-order valence-corrected chi connectivity index (χ1v) is 7.54. The molecule has 1 aromatic rings. The Kier molecular flexibility index (Phi) is 4.01. The molecule has 1 fully saturated rings. The molecule has 0 saturated carbocycles. The van der Waals surface area contributed by atoms with Crippen molar-refractivity contribution in [2.45, 2.75) is 32.4 Å². The molecule has 0 radical (unpaired) electrons. The van der Waals surface area contributed by atoms with E-state index in [1.54, 1.807) is 0 Å². The van der Waals surface area contributed by atoms with Crippen LogP contribution in [0.3, 0.4) is 0 Å². The van der Waals surface area contributed by atoms with E-state index in [0.29, 0.717) is 31.7 Å². The van der Waals surface area contributed by atoms with E-state index in [4.69, 9.17) is 9.47 Å². The van der Waals surface area contributed by atoms with Gasteiger partial charge in [0.1, 0.15) is 13.2 Å². The molecule has 5 heteroatoms. The lowest BCUT2D eigenvalue weighted by Gasteiger charge is -2.36. The van der Waals surface area contributed by atoms with Gasteiger partial charge in [-0.3, -0.25) is 4.79 Å². The molecule has 0 aliphatic carbocycles. The summed E-state index contributed by atoms with van der Waals surface area (Å²) in [6.07, 6.45) is 0.413. The van der Waals surface area contributed by atoms with Gasteiger partial charge in [-0.1, -0.05) is 6.07 Å². The normalized spacial score (nSPS) is 24.8. The van der Waals surface area contributed by atoms with Crippen LogP contribution < -0.4 is 14.8 Å². The first kappa shape index (κ1) is 14.2. The van der Waals surface area contributed by atoms with Crippen LogP contribution in [0.15, 0.2) is 18.2 Å². The van der Waals surface area contributed by atoms with E-state index in [0.717, 1.165) is 30.2 Å². The number of rotatable bonds is 2. The molecule has 0 aromatic heterocycles. The van der Waals surface area contributed by atoms with Gasteiger partial charge in [0.05, 0.1) is 6.42 Å². The molecule has 3 rings (SSSR count). The van der Waals surface area contributed by atoms with Crippen molar-refractivity contribution in [3.63, 3.8) is 0 Å². The first-order chi connectivity index (χ1) is 10.1. The molecule has 1 amide bonds. The highest BCUT2D eigenvalue weighted by atomic mass is 16.6.